The molecule has 0 saturated heterocycles. The Labute approximate surface area is 82.8 Å². The highest BCUT2D eigenvalue weighted by Gasteiger charge is 2.02. The Bertz CT molecular complexity index is 433. The van der Waals surface area contributed by atoms with Crippen molar-refractivity contribution in [2.45, 2.75) is 19.9 Å². The first-order valence-corrected chi connectivity index (χ1v) is 4.85. The predicted molar refractivity (Wildman–Crippen MR) is 56.0 cm³/mol. The quantitative estimate of drug-likeness (QED) is 0.784. The first kappa shape index (κ1) is 9.15. The minimum Gasteiger partial charge on any atom is -0.329 e. The average Bonchev–Trinajstić information content (AvgIpc) is 2.61. The number of hydrogen-bond acceptors (Lipinski definition) is 3. The van der Waals surface area contributed by atoms with Crippen molar-refractivity contribution in [2.24, 2.45) is 5.73 Å². The van der Waals surface area contributed by atoms with Crippen LogP contribution in [0, 0.1) is 0 Å². The molecule has 2 rings (SSSR count). The van der Waals surface area contributed by atoms with Gasteiger partial charge in [-0.25, -0.2) is 4.98 Å². The molecule has 0 aromatic carbocycles. The molecule has 0 aliphatic heterocycles. The molecule has 0 spiro atoms. The Morgan fingerprint density at radius 2 is 2.29 bits per heavy atom. The fourth-order valence-electron chi connectivity index (χ4n) is 1.51. The van der Waals surface area contributed by atoms with Crippen molar-refractivity contribution in [3.8, 4) is 0 Å². The second-order valence-corrected chi connectivity index (χ2v) is 3.24. The average molecular weight is 190 g/mol. The fraction of sp³-hybridized carbons (Fsp3) is 0.400. The van der Waals surface area contributed by atoms with Crippen LogP contribution in [0.15, 0.2) is 18.6 Å². The van der Waals surface area contributed by atoms with Crippen LogP contribution in [-0.4, -0.2) is 21.1 Å². The molecular weight excluding hydrogens is 176 g/mol. The second-order valence-electron chi connectivity index (χ2n) is 3.24. The van der Waals surface area contributed by atoms with E-state index < -0.39 is 0 Å². The number of aryl methyl sites for hydroxylation is 1. The van der Waals surface area contributed by atoms with Gasteiger partial charge in [0.15, 0.2) is 0 Å². The highest BCUT2D eigenvalue weighted by Crippen LogP contribution is 2.12. The summed E-state index contributed by atoms with van der Waals surface area (Å²) in [6.45, 7) is 3.54. The van der Waals surface area contributed by atoms with E-state index in [0.717, 1.165) is 29.7 Å². The first-order valence-electron chi connectivity index (χ1n) is 4.85. The Balaban J connectivity index is 2.52. The summed E-state index contributed by atoms with van der Waals surface area (Å²) in [6, 6.07) is 2.08. The molecule has 0 amide bonds. The maximum Gasteiger partial charge on any atom is 0.107 e. The molecule has 0 radical (unpaired) electrons. The van der Waals surface area contributed by atoms with Crippen LogP contribution in [-0.2, 0) is 13.0 Å². The van der Waals surface area contributed by atoms with Crippen LogP contribution in [0.25, 0.3) is 11.0 Å². The van der Waals surface area contributed by atoms with Crippen LogP contribution in [0.2, 0.25) is 0 Å². The van der Waals surface area contributed by atoms with Gasteiger partial charge in [0.1, 0.15) is 5.52 Å². The van der Waals surface area contributed by atoms with E-state index in [2.05, 4.69) is 27.5 Å². The van der Waals surface area contributed by atoms with Gasteiger partial charge in [-0.3, -0.25) is 4.98 Å². The lowest BCUT2D eigenvalue weighted by Gasteiger charge is -2.01. The lowest BCUT2D eigenvalue weighted by molar-refractivity contribution is 0.727. The lowest BCUT2D eigenvalue weighted by Crippen LogP contribution is -2.08. The van der Waals surface area contributed by atoms with Crippen LogP contribution in [0.4, 0.5) is 0 Å². The van der Waals surface area contributed by atoms with Gasteiger partial charge in [0, 0.05) is 18.8 Å². The molecule has 4 nitrogen and oxygen atoms in total. The maximum absolute atomic E-state index is 5.52. The van der Waals surface area contributed by atoms with E-state index in [-0.39, 0.29) is 0 Å². The van der Waals surface area contributed by atoms with Crippen molar-refractivity contribution in [2.75, 3.05) is 6.54 Å². The molecule has 0 bridgehead atoms. The molecule has 0 atom stereocenters. The standard InChI is InChI=1S/C10H14N4/c1-2-8-5-10-9(6-12-8)13-7-14(10)4-3-11/h5-7H,2-4,11H2,1H3. The molecule has 74 valence electrons. The largest absolute Gasteiger partial charge is 0.329 e. The molecule has 2 aromatic rings. The molecule has 0 unspecified atom stereocenters. The third-order valence-corrected chi connectivity index (χ3v) is 2.30. The summed E-state index contributed by atoms with van der Waals surface area (Å²) in [7, 11) is 0. The number of fused-ring (bicyclic) bond motifs is 1. The Hall–Kier alpha value is -1.42. The highest BCUT2D eigenvalue weighted by molar-refractivity contribution is 5.74. The fourth-order valence-corrected chi connectivity index (χ4v) is 1.51. The monoisotopic (exact) mass is 190 g/mol. The molecule has 0 fully saturated rings. The molecule has 0 aliphatic rings. The summed E-state index contributed by atoms with van der Waals surface area (Å²) in [6.07, 6.45) is 4.59. The van der Waals surface area contributed by atoms with Crippen molar-refractivity contribution < 1.29 is 0 Å². The SMILES string of the molecule is CCc1cc2c(cn1)ncn2CCN. The zero-order valence-corrected chi connectivity index (χ0v) is 8.27. The Morgan fingerprint density at radius 3 is 3.00 bits per heavy atom. The minimum atomic E-state index is 0.634. The number of nitrogens with zero attached hydrogens (tertiary/aromatic N) is 3. The Kier molecular flexibility index (Phi) is 2.45. The summed E-state index contributed by atoms with van der Waals surface area (Å²) < 4.78 is 2.07. The van der Waals surface area contributed by atoms with Gasteiger partial charge in [0.25, 0.3) is 0 Å². The van der Waals surface area contributed by atoms with E-state index in [4.69, 9.17) is 5.73 Å². The van der Waals surface area contributed by atoms with Crippen LogP contribution in [0.3, 0.4) is 0 Å². The van der Waals surface area contributed by atoms with E-state index >= 15 is 0 Å². The van der Waals surface area contributed by atoms with Crippen LogP contribution >= 0.6 is 0 Å². The molecule has 2 aromatic heterocycles. The van der Waals surface area contributed by atoms with Crippen LogP contribution in [0.1, 0.15) is 12.6 Å². The van der Waals surface area contributed by atoms with Crippen molar-refractivity contribution in [1.29, 1.82) is 0 Å². The zero-order chi connectivity index (χ0) is 9.97. The van der Waals surface area contributed by atoms with Gasteiger partial charge in [-0.2, -0.15) is 0 Å². The number of aromatic nitrogens is 3. The number of nitrogens with two attached hydrogens (primary N) is 1. The normalized spacial score (nSPS) is 11.0. The molecule has 2 heterocycles. The number of rotatable bonds is 3. The topological polar surface area (TPSA) is 56.7 Å². The Morgan fingerprint density at radius 1 is 1.43 bits per heavy atom. The van der Waals surface area contributed by atoms with Crippen molar-refractivity contribution in [3.63, 3.8) is 0 Å². The summed E-state index contributed by atoms with van der Waals surface area (Å²) >= 11 is 0. The smallest absolute Gasteiger partial charge is 0.107 e. The maximum atomic E-state index is 5.52. The number of imidazole rings is 1. The minimum absolute atomic E-state index is 0.634. The third-order valence-electron chi connectivity index (χ3n) is 2.30. The van der Waals surface area contributed by atoms with E-state index in [9.17, 15) is 0 Å². The first-order chi connectivity index (χ1) is 6.85. The molecule has 0 aliphatic carbocycles. The zero-order valence-electron chi connectivity index (χ0n) is 8.27. The van der Waals surface area contributed by atoms with Gasteiger partial charge in [0.2, 0.25) is 0 Å². The molecule has 0 saturated carbocycles. The third kappa shape index (κ3) is 1.48. The molecule has 2 N–H and O–H groups in total. The van der Waals surface area contributed by atoms with Gasteiger partial charge in [-0.15, -0.1) is 0 Å². The predicted octanol–water partition coefficient (Wildman–Crippen LogP) is 0.952. The summed E-state index contributed by atoms with van der Waals surface area (Å²) in [4.78, 5) is 8.55. The summed E-state index contributed by atoms with van der Waals surface area (Å²) in [5.41, 5.74) is 8.68. The second kappa shape index (κ2) is 3.75. The molecule has 14 heavy (non-hydrogen) atoms. The van der Waals surface area contributed by atoms with Gasteiger partial charge in [-0.1, -0.05) is 6.92 Å². The molecule has 4 heteroatoms. The number of pyridine rings is 1. The highest BCUT2D eigenvalue weighted by atomic mass is 15.1. The van der Waals surface area contributed by atoms with Gasteiger partial charge < -0.3 is 10.3 Å². The number of hydrogen-bond donors (Lipinski definition) is 1. The van der Waals surface area contributed by atoms with E-state index in [1.54, 1.807) is 0 Å². The van der Waals surface area contributed by atoms with Crippen molar-refractivity contribution in [1.82, 2.24) is 14.5 Å². The lowest BCUT2D eigenvalue weighted by atomic mass is 10.2. The van der Waals surface area contributed by atoms with Crippen molar-refractivity contribution in [3.05, 3.63) is 24.3 Å². The van der Waals surface area contributed by atoms with Gasteiger partial charge >= 0.3 is 0 Å². The van der Waals surface area contributed by atoms with Gasteiger partial charge in [-0.05, 0) is 12.5 Å². The van der Waals surface area contributed by atoms with E-state index in [1.807, 2.05) is 12.5 Å². The van der Waals surface area contributed by atoms with E-state index in [1.165, 1.54) is 0 Å². The van der Waals surface area contributed by atoms with Gasteiger partial charge in [0.05, 0.1) is 18.0 Å². The summed E-state index contributed by atoms with van der Waals surface area (Å²) in [5.74, 6) is 0. The summed E-state index contributed by atoms with van der Waals surface area (Å²) in [5, 5.41) is 0. The molecular formula is C10H14N4. The van der Waals surface area contributed by atoms with Crippen molar-refractivity contribution >= 4 is 11.0 Å². The van der Waals surface area contributed by atoms with Crippen LogP contribution < -0.4 is 5.73 Å². The van der Waals surface area contributed by atoms with Crippen LogP contribution in [0.5, 0.6) is 0 Å². The van der Waals surface area contributed by atoms with E-state index in [0.29, 0.717) is 6.54 Å².